The zero-order chi connectivity index (χ0) is 13.8. The van der Waals surface area contributed by atoms with Gasteiger partial charge in [0.25, 0.3) is 0 Å². The van der Waals surface area contributed by atoms with E-state index in [1.807, 2.05) is 6.92 Å². The van der Waals surface area contributed by atoms with Gasteiger partial charge in [0.2, 0.25) is 9.84 Å². The summed E-state index contributed by atoms with van der Waals surface area (Å²) in [6, 6.07) is 6.17. The zero-order valence-corrected chi connectivity index (χ0v) is 11.3. The van der Waals surface area contributed by atoms with Crippen molar-refractivity contribution in [2.24, 2.45) is 5.41 Å². The molecule has 0 spiro atoms. The number of aryl methyl sites for hydroxylation is 1. The second-order valence-corrected chi connectivity index (χ2v) is 7.57. The van der Waals surface area contributed by atoms with Crippen LogP contribution in [0.25, 0.3) is 0 Å². The minimum absolute atomic E-state index is 0.0235. The van der Waals surface area contributed by atoms with Gasteiger partial charge in [0.05, 0.1) is 10.3 Å². The van der Waals surface area contributed by atoms with Crippen LogP contribution in [0.1, 0.15) is 25.8 Å². The largest absolute Gasteiger partial charge is 0.329 e. The topological polar surface area (TPSA) is 77.3 Å². The van der Waals surface area contributed by atoms with E-state index in [9.17, 15) is 18.5 Å². The average Bonchev–Trinajstić information content (AvgIpc) is 2.85. The van der Waals surface area contributed by atoms with Gasteiger partial charge < -0.3 is 0 Å². The maximum absolute atomic E-state index is 12.4. The zero-order valence-electron chi connectivity index (χ0n) is 10.5. The summed E-state index contributed by atoms with van der Waals surface area (Å²) in [6.07, 6.45) is 0.0587. The van der Waals surface area contributed by atoms with E-state index in [1.54, 1.807) is 26.0 Å². The lowest BCUT2D eigenvalue weighted by molar-refractivity contribution is -0.518. The van der Waals surface area contributed by atoms with Gasteiger partial charge in [-0.15, -0.1) is 0 Å². The SMILES string of the molecule is Cc1ccc(S(=O)(=O)C2([N+](=O)[O-])CC2(C)C)cc1. The Bertz CT molecular complexity index is 603. The highest BCUT2D eigenvalue weighted by Gasteiger charge is 2.81. The van der Waals surface area contributed by atoms with E-state index in [4.69, 9.17) is 0 Å². The Morgan fingerprint density at radius 1 is 1.22 bits per heavy atom. The number of nitrogens with zero attached hydrogens (tertiary/aromatic N) is 1. The Morgan fingerprint density at radius 2 is 1.67 bits per heavy atom. The molecule has 1 unspecified atom stereocenters. The fourth-order valence-corrected chi connectivity index (χ4v) is 4.69. The van der Waals surface area contributed by atoms with Crippen molar-refractivity contribution in [1.82, 2.24) is 0 Å². The van der Waals surface area contributed by atoms with Crippen LogP contribution in [0.4, 0.5) is 0 Å². The van der Waals surface area contributed by atoms with Gasteiger partial charge in [-0.05, 0) is 19.1 Å². The van der Waals surface area contributed by atoms with Gasteiger partial charge in [-0.3, -0.25) is 10.1 Å². The predicted octanol–water partition coefficient (Wildman–Crippen LogP) is 2.17. The van der Waals surface area contributed by atoms with Gasteiger partial charge in [-0.25, -0.2) is 8.42 Å². The first-order chi connectivity index (χ1) is 8.15. The number of hydrogen-bond donors (Lipinski definition) is 0. The first-order valence-corrected chi connectivity index (χ1v) is 7.09. The summed E-state index contributed by atoms with van der Waals surface area (Å²) in [5.41, 5.74) is 0.0967. The van der Waals surface area contributed by atoms with Crippen LogP contribution < -0.4 is 0 Å². The molecule has 0 heterocycles. The lowest BCUT2D eigenvalue weighted by atomic mass is 10.2. The fourth-order valence-electron chi connectivity index (χ4n) is 2.34. The summed E-state index contributed by atoms with van der Waals surface area (Å²) in [5.74, 6) is 0. The van der Waals surface area contributed by atoms with Crippen molar-refractivity contribution in [3.05, 3.63) is 39.9 Å². The molecule has 0 aliphatic heterocycles. The van der Waals surface area contributed by atoms with Crippen LogP contribution in [-0.2, 0) is 9.84 Å². The van der Waals surface area contributed by atoms with Crippen molar-refractivity contribution >= 4 is 9.84 Å². The maximum Gasteiger partial charge on any atom is 0.329 e. The summed E-state index contributed by atoms with van der Waals surface area (Å²) < 4.78 is 24.9. The first kappa shape index (κ1) is 13.0. The Kier molecular flexibility index (Phi) is 2.56. The molecule has 0 bridgehead atoms. The number of nitro groups is 1. The summed E-state index contributed by atoms with van der Waals surface area (Å²) in [6.45, 7) is 5.06. The van der Waals surface area contributed by atoms with E-state index in [0.29, 0.717) is 0 Å². The predicted molar refractivity (Wildman–Crippen MR) is 66.5 cm³/mol. The van der Waals surface area contributed by atoms with Crippen molar-refractivity contribution in [2.45, 2.75) is 37.0 Å². The number of hydrogen-bond acceptors (Lipinski definition) is 4. The second-order valence-electron chi connectivity index (χ2n) is 5.42. The van der Waals surface area contributed by atoms with Gasteiger partial charge in [-0.2, -0.15) is 0 Å². The summed E-state index contributed by atoms with van der Waals surface area (Å²) in [5, 5.41) is 11.2. The van der Waals surface area contributed by atoms with Gasteiger partial charge in [-0.1, -0.05) is 31.5 Å². The van der Waals surface area contributed by atoms with Gasteiger partial charge >= 0.3 is 4.87 Å². The van der Waals surface area contributed by atoms with E-state index < -0.39 is 25.0 Å². The molecule has 1 aliphatic rings. The first-order valence-electron chi connectivity index (χ1n) is 5.61. The second kappa shape index (κ2) is 3.54. The molecular formula is C12H15NO4S. The molecule has 0 amide bonds. The molecule has 2 rings (SSSR count). The molecule has 1 aliphatic carbocycles. The minimum atomic E-state index is -3.95. The van der Waals surface area contributed by atoms with Crippen molar-refractivity contribution in [3.8, 4) is 0 Å². The van der Waals surface area contributed by atoms with E-state index in [0.717, 1.165) is 5.56 Å². The molecule has 6 heteroatoms. The van der Waals surface area contributed by atoms with Crippen molar-refractivity contribution in [2.75, 3.05) is 0 Å². The fraction of sp³-hybridized carbons (Fsp3) is 0.500. The molecule has 1 fully saturated rings. The molecule has 1 saturated carbocycles. The lowest BCUT2D eigenvalue weighted by Gasteiger charge is -2.13. The Hall–Kier alpha value is -1.43. The number of sulfone groups is 1. The highest BCUT2D eigenvalue weighted by Crippen LogP contribution is 2.62. The molecule has 0 aromatic heterocycles. The third-order valence-corrected chi connectivity index (χ3v) is 6.31. The lowest BCUT2D eigenvalue weighted by Crippen LogP contribution is -2.36. The number of benzene rings is 1. The van der Waals surface area contributed by atoms with Crippen LogP contribution >= 0.6 is 0 Å². The van der Waals surface area contributed by atoms with Crippen LogP contribution in [0.5, 0.6) is 0 Å². The van der Waals surface area contributed by atoms with Gasteiger partial charge in [0.15, 0.2) is 0 Å². The summed E-state index contributed by atoms with van der Waals surface area (Å²) >= 11 is 0. The molecule has 1 aromatic carbocycles. The Labute approximate surface area is 106 Å². The standard InChI is InChI=1S/C12H15NO4S/c1-9-4-6-10(7-5-9)18(16,17)12(13(14)15)8-11(12,2)3/h4-7H,8H2,1-3H3. The third kappa shape index (κ3) is 1.48. The molecule has 0 saturated heterocycles. The normalized spacial score (nSPS) is 25.7. The van der Waals surface area contributed by atoms with Gasteiger partial charge in [0.1, 0.15) is 0 Å². The maximum atomic E-state index is 12.4. The molecule has 1 atom stereocenters. The highest BCUT2D eigenvalue weighted by atomic mass is 32.2. The van der Waals surface area contributed by atoms with Crippen LogP contribution in [-0.4, -0.2) is 18.2 Å². The van der Waals surface area contributed by atoms with Crippen LogP contribution in [0.2, 0.25) is 0 Å². The van der Waals surface area contributed by atoms with Gasteiger partial charge in [0, 0.05) is 11.3 Å². The summed E-state index contributed by atoms with van der Waals surface area (Å²) in [4.78, 5) is 8.72. The highest BCUT2D eigenvalue weighted by molar-refractivity contribution is 7.93. The van der Waals surface area contributed by atoms with Crippen LogP contribution in [0, 0.1) is 22.5 Å². The molecule has 98 valence electrons. The van der Waals surface area contributed by atoms with Crippen molar-refractivity contribution in [3.63, 3.8) is 0 Å². The molecule has 0 N–H and O–H groups in total. The monoisotopic (exact) mass is 269 g/mol. The smallest absolute Gasteiger partial charge is 0.263 e. The van der Waals surface area contributed by atoms with Crippen molar-refractivity contribution < 1.29 is 13.3 Å². The quantitative estimate of drug-likeness (QED) is 0.622. The molecule has 1 aromatic rings. The summed E-state index contributed by atoms with van der Waals surface area (Å²) in [7, 11) is -3.95. The number of rotatable bonds is 3. The molecule has 0 radical (unpaired) electrons. The van der Waals surface area contributed by atoms with E-state index in [2.05, 4.69) is 0 Å². The van der Waals surface area contributed by atoms with Crippen LogP contribution in [0.15, 0.2) is 29.2 Å². The van der Waals surface area contributed by atoms with Crippen molar-refractivity contribution in [1.29, 1.82) is 0 Å². The Balaban J connectivity index is 2.56. The Morgan fingerprint density at radius 3 is 2.00 bits per heavy atom. The molecule has 5 nitrogen and oxygen atoms in total. The molecule has 18 heavy (non-hydrogen) atoms. The van der Waals surface area contributed by atoms with E-state index in [-0.39, 0.29) is 11.3 Å². The van der Waals surface area contributed by atoms with E-state index >= 15 is 0 Å². The molecular weight excluding hydrogens is 254 g/mol. The average molecular weight is 269 g/mol. The third-order valence-electron chi connectivity index (χ3n) is 3.68. The van der Waals surface area contributed by atoms with Crippen LogP contribution in [0.3, 0.4) is 0 Å². The van der Waals surface area contributed by atoms with E-state index in [1.165, 1.54) is 12.1 Å². The minimum Gasteiger partial charge on any atom is -0.263 e.